The van der Waals surface area contributed by atoms with Crippen LogP contribution in [0.3, 0.4) is 0 Å². The number of rotatable bonds is 14. The van der Waals surface area contributed by atoms with Crippen LogP contribution in [0.2, 0.25) is 0 Å². The highest BCUT2D eigenvalue weighted by molar-refractivity contribution is 5.94. The van der Waals surface area contributed by atoms with Crippen LogP contribution < -0.4 is 21.7 Å². The number of aromatic amines is 1. The van der Waals surface area contributed by atoms with Crippen LogP contribution in [0.1, 0.15) is 18.5 Å². The number of aromatic nitrogens is 2. The summed E-state index contributed by atoms with van der Waals surface area (Å²) in [6.07, 6.45) is 1.66. The Morgan fingerprint density at radius 2 is 1.53 bits per heavy atom. The van der Waals surface area contributed by atoms with Gasteiger partial charge in [-0.1, -0.05) is 0 Å². The smallest absolute Gasteiger partial charge is 0.326 e. The van der Waals surface area contributed by atoms with E-state index in [1.807, 2.05) is 5.32 Å². The Labute approximate surface area is 181 Å². The van der Waals surface area contributed by atoms with Gasteiger partial charge < -0.3 is 47.1 Å². The molecule has 1 rings (SSSR count). The number of hydrogen-bond acceptors (Lipinski definition) is 9. The van der Waals surface area contributed by atoms with Gasteiger partial charge in [0.05, 0.1) is 19.5 Å². The van der Waals surface area contributed by atoms with E-state index in [2.05, 4.69) is 20.6 Å². The number of hydrogen-bond donors (Lipinski definition) is 9. The number of amides is 3. The van der Waals surface area contributed by atoms with E-state index in [4.69, 9.17) is 21.1 Å². The van der Waals surface area contributed by atoms with Crippen LogP contribution >= 0.6 is 0 Å². The van der Waals surface area contributed by atoms with E-state index in [-0.39, 0.29) is 6.42 Å². The maximum Gasteiger partial charge on any atom is 0.326 e. The molecule has 0 bridgehead atoms. The Kier molecular flexibility index (Phi) is 10.7. The largest absolute Gasteiger partial charge is 0.481 e. The fourth-order valence-corrected chi connectivity index (χ4v) is 2.45. The minimum Gasteiger partial charge on any atom is -0.481 e. The quantitative estimate of drug-likeness (QED) is 0.129. The van der Waals surface area contributed by atoms with Crippen molar-refractivity contribution in [3.05, 3.63) is 18.2 Å². The molecule has 1 aromatic rings. The molecule has 3 amide bonds. The van der Waals surface area contributed by atoms with Crippen LogP contribution in [-0.4, -0.2) is 97.4 Å². The van der Waals surface area contributed by atoms with Crippen LogP contribution in [-0.2, 0) is 30.4 Å². The second kappa shape index (κ2) is 13.0. The van der Waals surface area contributed by atoms with E-state index < -0.39 is 79.9 Å². The molecule has 0 saturated carbocycles. The zero-order valence-corrected chi connectivity index (χ0v) is 16.9. The van der Waals surface area contributed by atoms with Crippen molar-refractivity contribution in [3.8, 4) is 0 Å². The van der Waals surface area contributed by atoms with Crippen molar-refractivity contribution in [1.82, 2.24) is 25.9 Å². The van der Waals surface area contributed by atoms with Crippen LogP contribution in [0.25, 0.3) is 0 Å². The van der Waals surface area contributed by atoms with Gasteiger partial charge in [0.25, 0.3) is 0 Å². The molecule has 4 atom stereocenters. The van der Waals surface area contributed by atoms with Crippen molar-refractivity contribution in [3.63, 3.8) is 0 Å². The fraction of sp³-hybridized carbons (Fsp3) is 0.529. The van der Waals surface area contributed by atoms with Gasteiger partial charge in [-0.25, -0.2) is 9.78 Å². The lowest BCUT2D eigenvalue weighted by Gasteiger charge is -2.23. The van der Waals surface area contributed by atoms with Crippen molar-refractivity contribution in [2.45, 2.75) is 43.4 Å². The number of nitrogens with one attached hydrogen (secondary N) is 4. The molecule has 0 aliphatic heterocycles. The van der Waals surface area contributed by atoms with Gasteiger partial charge in [-0.15, -0.1) is 0 Å². The molecule has 4 unspecified atom stereocenters. The Morgan fingerprint density at radius 1 is 0.938 bits per heavy atom. The SMILES string of the molecule is NC(CO)C(=O)NC(Cc1cnc[nH]1)C(=O)NC(CO)C(=O)NC(CCC(=O)O)C(=O)O. The molecule has 32 heavy (non-hydrogen) atoms. The van der Waals surface area contributed by atoms with E-state index >= 15 is 0 Å². The van der Waals surface area contributed by atoms with Gasteiger partial charge >= 0.3 is 11.9 Å². The maximum absolute atomic E-state index is 12.7. The van der Waals surface area contributed by atoms with E-state index in [0.717, 1.165) is 0 Å². The van der Waals surface area contributed by atoms with Gasteiger partial charge in [-0.2, -0.15) is 0 Å². The first kappa shape index (κ1) is 26.5. The summed E-state index contributed by atoms with van der Waals surface area (Å²) in [5, 5.41) is 42.8. The Hall–Kier alpha value is -3.56. The highest BCUT2D eigenvalue weighted by atomic mass is 16.4. The molecule has 10 N–H and O–H groups in total. The third kappa shape index (κ3) is 8.66. The van der Waals surface area contributed by atoms with E-state index in [1.165, 1.54) is 12.5 Å². The number of aliphatic hydroxyl groups is 2. The lowest BCUT2D eigenvalue weighted by Crippen LogP contribution is -2.58. The molecule has 0 fully saturated rings. The van der Waals surface area contributed by atoms with Crippen molar-refractivity contribution >= 4 is 29.7 Å². The van der Waals surface area contributed by atoms with Gasteiger partial charge in [0.2, 0.25) is 17.7 Å². The molecule has 0 aliphatic rings. The molecule has 0 radical (unpaired) electrons. The monoisotopic (exact) mass is 458 g/mol. The molecule has 0 aromatic carbocycles. The molecule has 0 aliphatic carbocycles. The first-order valence-electron chi connectivity index (χ1n) is 9.39. The Balaban J connectivity index is 2.88. The first-order chi connectivity index (χ1) is 15.1. The number of imidazole rings is 1. The fourth-order valence-electron chi connectivity index (χ4n) is 2.45. The standard InChI is InChI=1S/C17H26N6O9/c18-9(5-24)14(28)22-11(3-8-4-19-7-20-8)15(29)23-12(6-25)16(30)21-10(17(31)32)1-2-13(26)27/h4,7,9-12,24-25H,1-3,5-6,18H2,(H,19,20)(H,21,30)(H,22,28)(H,23,29)(H,26,27)(H,31,32). The van der Waals surface area contributed by atoms with E-state index in [0.29, 0.717) is 5.69 Å². The Bertz CT molecular complexity index is 800. The predicted octanol–water partition coefficient (Wildman–Crippen LogP) is -4.33. The van der Waals surface area contributed by atoms with Crippen LogP contribution in [0, 0.1) is 0 Å². The van der Waals surface area contributed by atoms with Gasteiger partial charge in [-0.3, -0.25) is 19.2 Å². The normalized spacial score (nSPS) is 14.5. The molecule has 1 aromatic heterocycles. The molecule has 15 nitrogen and oxygen atoms in total. The molecule has 178 valence electrons. The number of aliphatic hydroxyl groups excluding tert-OH is 2. The number of nitrogens with zero attached hydrogens (tertiary/aromatic N) is 1. The summed E-state index contributed by atoms with van der Waals surface area (Å²) in [5.41, 5.74) is 5.87. The van der Waals surface area contributed by atoms with Gasteiger partial charge in [-0.05, 0) is 6.42 Å². The summed E-state index contributed by atoms with van der Waals surface area (Å²) >= 11 is 0. The van der Waals surface area contributed by atoms with Gasteiger partial charge in [0, 0.05) is 24.7 Å². The summed E-state index contributed by atoms with van der Waals surface area (Å²) in [4.78, 5) is 65.4. The Morgan fingerprint density at radius 3 is 2.03 bits per heavy atom. The van der Waals surface area contributed by atoms with Crippen LogP contribution in [0.15, 0.2) is 12.5 Å². The minimum atomic E-state index is -1.60. The molecule has 1 heterocycles. The van der Waals surface area contributed by atoms with E-state index in [1.54, 1.807) is 0 Å². The number of carbonyl (C=O) groups is 5. The minimum absolute atomic E-state index is 0.105. The zero-order valence-electron chi connectivity index (χ0n) is 16.9. The summed E-state index contributed by atoms with van der Waals surface area (Å²) < 4.78 is 0. The highest BCUT2D eigenvalue weighted by Gasteiger charge is 2.30. The third-order valence-electron chi connectivity index (χ3n) is 4.22. The second-order valence-electron chi connectivity index (χ2n) is 6.71. The lowest BCUT2D eigenvalue weighted by atomic mass is 10.1. The summed E-state index contributed by atoms with van der Waals surface area (Å²) in [6.45, 7) is -1.59. The molecule has 15 heteroatoms. The van der Waals surface area contributed by atoms with Crippen molar-refractivity contribution in [2.24, 2.45) is 5.73 Å². The van der Waals surface area contributed by atoms with Crippen molar-refractivity contribution < 1.29 is 44.4 Å². The molecular formula is C17H26N6O9. The summed E-state index contributed by atoms with van der Waals surface area (Å²) in [6, 6.07) is -5.76. The number of carbonyl (C=O) groups excluding carboxylic acids is 3. The maximum atomic E-state index is 12.7. The van der Waals surface area contributed by atoms with Crippen molar-refractivity contribution in [2.75, 3.05) is 13.2 Å². The van der Waals surface area contributed by atoms with Gasteiger partial charge in [0.15, 0.2) is 0 Å². The zero-order chi connectivity index (χ0) is 24.3. The lowest BCUT2D eigenvalue weighted by molar-refractivity contribution is -0.143. The highest BCUT2D eigenvalue weighted by Crippen LogP contribution is 2.02. The van der Waals surface area contributed by atoms with Crippen molar-refractivity contribution in [1.29, 1.82) is 0 Å². The third-order valence-corrected chi connectivity index (χ3v) is 4.22. The topological polar surface area (TPSA) is 257 Å². The number of carboxylic acids is 2. The number of H-pyrrole nitrogens is 1. The number of carboxylic acid groups (broad SMARTS) is 2. The van der Waals surface area contributed by atoms with E-state index in [9.17, 15) is 29.1 Å². The summed E-state index contributed by atoms with van der Waals surface area (Å²) in [5.74, 6) is -5.60. The summed E-state index contributed by atoms with van der Waals surface area (Å²) in [7, 11) is 0. The first-order valence-corrected chi connectivity index (χ1v) is 9.39. The van der Waals surface area contributed by atoms with Gasteiger partial charge in [0.1, 0.15) is 24.2 Å². The average Bonchev–Trinajstić information content (AvgIpc) is 3.26. The number of aliphatic carboxylic acids is 2. The average molecular weight is 458 g/mol. The molecular weight excluding hydrogens is 432 g/mol. The van der Waals surface area contributed by atoms with Crippen LogP contribution in [0.4, 0.5) is 0 Å². The predicted molar refractivity (Wildman–Crippen MR) is 105 cm³/mol. The van der Waals surface area contributed by atoms with Crippen LogP contribution in [0.5, 0.6) is 0 Å². The number of nitrogens with two attached hydrogens (primary N) is 1. The molecule has 0 spiro atoms. The molecule has 0 saturated heterocycles. The second-order valence-corrected chi connectivity index (χ2v) is 6.71.